The van der Waals surface area contributed by atoms with Crippen molar-refractivity contribution in [2.75, 3.05) is 0 Å². The van der Waals surface area contributed by atoms with E-state index in [4.69, 9.17) is 9.90 Å². The minimum atomic E-state index is -1.08. The van der Waals surface area contributed by atoms with Crippen LogP contribution in [-0.2, 0) is 4.79 Å². The van der Waals surface area contributed by atoms with E-state index in [-0.39, 0.29) is 90.3 Å². The first-order valence-electron chi connectivity index (χ1n) is 0.781. The summed E-state index contributed by atoms with van der Waals surface area (Å²) in [5.74, 6) is -1.08. The summed E-state index contributed by atoms with van der Waals surface area (Å²) < 4.78 is 0. The molecule has 7 heavy (non-hydrogen) atoms. The van der Waals surface area contributed by atoms with Crippen LogP contribution in [0.25, 0.3) is 0 Å². The third kappa shape index (κ3) is 57.5. The minimum absolute atomic E-state index is 0. The zero-order chi connectivity index (χ0) is 3.58. The van der Waals surface area contributed by atoms with Gasteiger partial charge in [-0.2, -0.15) is 0 Å². The molecule has 0 atom stereocenters. The van der Waals surface area contributed by atoms with Gasteiger partial charge >= 0.3 is 96.3 Å². The van der Waals surface area contributed by atoms with Crippen LogP contribution < -0.4 is 0 Å². The second-order valence-electron chi connectivity index (χ2n) is 0.394. The van der Waals surface area contributed by atoms with Crippen molar-refractivity contribution < 1.29 is 9.90 Å². The number of hydrogen-bond acceptors (Lipinski definition) is 1. The van der Waals surface area contributed by atoms with Gasteiger partial charge in [0, 0.05) is 0 Å². The van der Waals surface area contributed by atoms with Crippen molar-refractivity contribution in [2.24, 2.45) is 0 Å². The number of rotatable bonds is 0. The zero-order valence-electron chi connectivity index (χ0n) is 2.06. The molecule has 0 unspecified atom stereocenters. The Morgan fingerprint density at radius 2 is 1.57 bits per heavy atom. The molecule has 1 radical (unpaired) electrons. The Balaban J connectivity index is -0.0000000150. The fourth-order valence-corrected chi connectivity index (χ4v) is 0. The molecule has 0 aliphatic heterocycles. The average Bonchev–Trinajstić information content (AvgIpc) is 0.811. The van der Waals surface area contributed by atoms with E-state index in [1.165, 1.54) is 0 Å². The van der Waals surface area contributed by atoms with Crippen LogP contribution in [0.3, 0.4) is 0 Å². The van der Waals surface area contributed by atoms with Gasteiger partial charge in [0.15, 0.2) is 0 Å². The molecule has 5 heteroatoms. The van der Waals surface area contributed by atoms with Gasteiger partial charge in [0.2, 0.25) is 0 Å². The van der Waals surface area contributed by atoms with E-state index >= 15 is 0 Å². The molecule has 0 aromatic carbocycles. The van der Waals surface area contributed by atoms with E-state index in [0.717, 1.165) is 0 Å². The fraction of sp³-hybridized carbons (Fsp3) is 0. The van der Waals surface area contributed by atoms with Gasteiger partial charge in [0.1, 0.15) is 0 Å². The normalized spacial score (nSPS) is 3.57. The van der Waals surface area contributed by atoms with Crippen molar-refractivity contribution in [1.82, 2.24) is 0 Å². The molecule has 0 aromatic rings. The predicted molar refractivity (Wildman–Crippen MR) is 37.2 cm³/mol. The topological polar surface area (TPSA) is 37.3 Å². The zero-order valence-corrected chi connectivity index (χ0v) is 2.06. The summed E-state index contributed by atoms with van der Waals surface area (Å²) in [5, 5.41) is 7.31. The van der Waals surface area contributed by atoms with Gasteiger partial charge in [-0.3, -0.25) is 4.79 Å². The van der Waals surface area contributed by atoms with Crippen molar-refractivity contribution in [3.63, 3.8) is 0 Å². The van der Waals surface area contributed by atoms with Gasteiger partial charge in [-0.1, -0.05) is 0 Å². The SMILES string of the molecule is [CH2]C(=O)O.[CaH2].[MgH2].[NaH]. The fourth-order valence-electron chi connectivity index (χ4n) is 0. The van der Waals surface area contributed by atoms with Crippen molar-refractivity contribution in [3.8, 4) is 0 Å². The molecule has 1 N–H and O–H groups in total. The van der Waals surface area contributed by atoms with Crippen LogP contribution in [0, 0.1) is 6.92 Å². The molecule has 0 amide bonds. The Hall–Kier alpha value is 2.50. The first-order chi connectivity index (χ1) is 1.73. The number of aliphatic carboxylic acids is 1. The molecule has 2 nitrogen and oxygen atoms in total. The average molecular weight is 151 g/mol. The van der Waals surface area contributed by atoms with E-state index in [9.17, 15) is 0 Å². The van der Waals surface area contributed by atoms with E-state index in [1.807, 2.05) is 0 Å². The summed E-state index contributed by atoms with van der Waals surface area (Å²) >= 11 is 0. The number of carboxylic acids is 1. The van der Waals surface area contributed by atoms with Crippen LogP contribution in [0.5, 0.6) is 0 Å². The maximum absolute atomic E-state index is 8.89. The summed E-state index contributed by atoms with van der Waals surface area (Å²) in [4.78, 5) is 8.89. The van der Waals surface area contributed by atoms with Gasteiger partial charge in [-0.25, -0.2) is 0 Å². The molecule has 0 spiro atoms. The Morgan fingerprint density at radius 1 is 1.57 bits per heavy atom. The Morgan fingerprint density at radius 3 is 1.57 bits per heavy atom. The molecule has 0 fully saturated rings. The monoisotopic (exact) mass is 151 g/mol. The second-order valence-corrected chi connectivity index (χ2v) is 0.394. The summed E-state index contributed by atoms with van der Waals surface area (Å²) in [6.07, 6.45) is 0. The van der Waals surface area contributed by atoms with Crippen LogP contribution in [-0.4, -0.2) is 101 Å². The number of hydrogen-bond donors (Lipinski definition) is 1. The molecule has 33 valence electrons. The quantitative estimate of drug-likeness (QED) is 0.386. The van der Waals surface area contributed by atoms with Crippen molar-refractivity contribution in [2.45, 2.75) is 0 Å². The van der Waals surface area contributed by atoms with Crippen LogP contribution in [0.1, 0.15) is 0 Å². The third-order valence-electron chi connectivity index (χ3n) is 0. The van der Waals surface area contributed by atoms with E-state index in [1.54, 1.807) is 0 Å². The summed E-state index contributed by atoms with van der Waals surface area (Å²) in [6, 6.07) is 0. The first kappa shape index (κ1) is 22.7. The maximum atomic E-state index is 8.89. The van der Waals surface area contributed by atoms with Crippen LogP contribution >= 0.6 is 0 Å². The standard InChI is InChI=1S/C2H3O2.Ca.Mg.Na.5H/c1-2(3)4;;;;;;;;/h1H2,(H,3,4);;;;;;;;. The molecular formula is C2H8CaMgNaO2. The van der Waals surface area contributed by atoms with Crippen molar-refractivity contribution >= 4 is 96.3 Å². The Kier molecular flexibility index (Phi) is 51.2. The molecule has 0 rings (SSSR count). The van der Waals surface area contributed by atoms with Crippen LogP contribution in [0.15, 0.2) is 0 Å². The second kappa shape index (κ2) is 15.8. The van der Waals surface area contributed by atoms with Crippen molar-refractivity contribution in [3.05, 3.63) is 6.92 Å². The molecule has 0 heterocycles. The Labute approximate surface area is 111 Å². The Bertz CT molecular complexity index is 38.7. The number of carbonyl (C=O) groups is 1. The van der Waals surface area contributed by atoms with Gasteiger partial charge in [0.25, 0.3) is 0 Å². The van der Waals surface area contributed by atoms with Gasteiger partial charge in [0.05, 0.1) is 6.92 Å². The van der Waals surface area contributed by atoms with Gasteiger partial charge in [-0.05, 0) is 0 Å². The van der Waals surface area contributed by atoms with E-state index < -0.39 is 5.97 Å². The van der Waals surface area contributed by atoms with E-state index in [2.05, 4.69) is 6.92 Å². The predicted octanol–water partition coefficient (Wildman–Crippen LogP) is -2.58. The molecule has 0 aromatic heterocycles. The summed E-state index contributed by atoms with van der Waals surface area (Å²) in [6.45, 7) is 2.56. The van der Waals surface area contributed by atoms with Crippen molar-refractivity contribution in [1.29, 1.82) is 0 Å². The molecule has 0 aliphatic carbocycles. The van der Waals surface area contributed by atoms with Crippen LogP contribution in [0.4, 0.5) is 0 Å². The van der Waals surface area contributed by atoms with Gasteiger partial charge in [-0.15, -0.1) is 0 Å². The molecule has 0 saturated carbocycles. The third-order valence-corrected chi connectivity index (χ3v) is 0. The first-order valence-corrected chi connectivity index (χ1v) is 0.781. The summed E-state index contributed by atoms with van der Waals surface area (Å²) in [7, 11) is 0. The number of carboxylic acid groups (broad SMARTS) is 1. The van der Waals surface area contributed by atoms with Gasteiger partial charge < -0.3 is 5.11 Å². The van der Waals surface area contributed by atoms with E-state index in [0.29, 0.717) is 0 Å². The molecule has 0 aliphatic rings. The molecular weight excluding hydrogens is 143 g/mol. The van der Waals surface area contributed by atoms with Crippen LogP contribution in [0.2, 0.25) is 0 Å². The summed E-state index contributed by atoms with van der Waals surface area (Å²) in [5.41, 5.74) is 0. The molecule has 0 saturated heterocycles. The molecule has 0 bridgehead atoms.